The van der Waals surface area contributed by atoms with E-state index >= 15 is 0 Å². The average Bonchev–Trinajstić information content (AvgIpc) is 2.05. The molecule has 1 fully saturated rings. The van der Waals surface area contributed by atoms with E-state index in [9.17, 15) is 4.79 Å². The van der Waals surface area contributed by atoms with Crippen molar-refractivity contribution in [3.05, 3.63) is 0 Å². The minimum atomic E-state index is -0.455. The molecule has 1 aliphatic rings. The average molecular weight is 210 g/mol. The minimum Gasteiger partial charge on any atom is -0.379 e. The van der Waals surface area contributed by atoms with Crippen molar-refractivity contribution in [1.29, 1.82) is 0 Å². The van der Waals surface area contributed by atoms with Crippen LogP contribution in [0.2, 0.25) is 0 Å². The van der Waals surface area contributed by atoms with Crippen molar-refractivity contribution in [3.8, 4) is 0 Å². The highest BCUT2D eigenvalue weighted by atomic mass is 35.5. The van der Waals surface area contributed by atoms with E-state index in [0.29, 0.717) is 6.54 Å². The number of nitrogens with two attached hydrogens (primary N) is 1. The van der Waals surface area contributed by atoms with E-state index in [1.54, 1.807) is 0 Å². The van der Waals surface area contributed by atoms with Crippen LogP contribution in [0.1, 0.15) is 0 Å². The number of carbonyl (C=O) groups is 1. The summed E-state index contributed by atoms with van der Waals surface area (Å²) in [7, 11) is 0. The fraction of sp³-hybridized carbons (Fsp3) is 0.857. The molecule has 0 unspecified atom stereocenters. The Morgan fingerprint density at radius 2 is 2.08 bits per heavy atom. The molecule has 0 aromatic carbocycles. The highest BCUT2D eigenvalue weighted by molar-refractivity contribution is 5.85. The Kier molecular flexibility index (Phi) is 6.66. The van der Waals surface area contributed by atoms with Crippen molar-refractivity contribution >= 4 is 18.4 Å². The van der Waals surface area contributed by atoms with Gasteiger partial charge < -0.3 is 15.8 Å². The lowest BCUT2D eigenvalue weighted by Crippen LogP contribution is -2.42. The fourth-order valence-corrected chi connectivity index (χ4v) is 1.16. The first-order chi connectivity index (χ1) is 5.79. The van der Waals surface area contributed by atoms with Crippen molar-refractivity contribution < 1.29 is 9.53 Å². The molecule has 78 valence electrons. The molecule has 0 aromatic heterocycles. The summed E-state index contributed by atoms with van der Waals surface area (Å²) in [4.78, 5) is 12.5. The second-order valence-corrected chi connectivity index (χ2v) is 2.75. The third-order valence-corrected chi connectivity index (χ3v) is 1.83. The molecule has 0 aromatic rings. The second-order valence-electron chi connectivity index (χ2n) is 2.75. The number of carbonyl (C=O) groups excluding carboxylic acids is 1. The predicted octanol–water partition coefficient (Wildman–Crippen LogP) is -0.591. The molecular formula is C7H16ClN3O2. The van der Waals surface area contributed by atoms with Crippen LogP contribution in [0.3, 0.4) is 0 Å². The van der Waals surface area contributed by atoms with Gasteiger partial charge in [0.1, 0.15) is 0 Å². The summed E-state index contributed by atoms with van der Waals surface area (Å²) in [5.74, 6) is 0. The molecule has 0 saturated carbocycles. The van der Waals surface area contributed by atoms with Gasteiger partial charge in [0.2, 0.25) is 0 Å². The monoisotopic (exact) mass is 209 g/mol. The van der Waals surface area contributed by atoms with E-state index in [-0.39, 0.29) is 12.4 Å². The van der Waals surface area contributed by atoms with Gasteiger partial charge in [0.25, 0.3) is 0 Å². The number of rotatable bonds is 3. The van der Waals surface area contributed by atoms with Gasteiger partial charge in [-0.3, -0.25) is 4.90 Å². The smallest absolute Gasteiger partial charge is 0.312 e. The Bertz CT molecular complexity index is 151. The van der Waals surface area contributed by atoms with Gasteiger partial charge in [0, 0.05) is 26.2 Å². The van der Waals surface area contributed by atoms with Crippen molar-refractivity contribution in [1.82, 2.24) is 10.2 Å². The number of hydrogen-bond acceptors (Lipinski definition) is 3. The molecule has 0 radical (unpaired) electrons. The molecule has 13 heavy (non-hydrogen) atoms. The fourth-order valence-electron chi connectivity index (χ4n) is 1.16. The summed E-state index contributed by atoms with van der Waals surface area (Å²) in [5.41, 5.74) is 4.91. The van der Waals surface area contributed by atoms with Gasteiger partial charge in [0.05, 0.1) is 13.2 Å². The topological polar surface area (TPSA) is 67.6 Å². The van der Waals surface area contributed by atoms with E-state index in [1.807, 2.05) is 0 Å². The normalized spacial score (nSPS) is 17.5. The van der Waals surface area contributed by atoms with Crippen LogP contribution in [0.5, 0.6) is 0 Å². The number of amides is 2. The van der Waals surface area contributed by atoms with Crippen LogP contribution in [-0.4, -0.2) is 50.3 Å². The minimum absolute atomic E-state index is 0. The lowest BCUT2D eigenvalue weighted by Gasteiger charge is -2.26. The van der Waals surface area contributed by atoms with Gasteiger partial charge in [-0.25, -0.2) is 4.79 Å². The van der Waals surface area contributed by atoms with Crippen molar-refractivity contribution in [3.63, 3.8) is 0 Å². The van der Waals surface area contributed by atoms with Gasteiger partial charge in [0.15, 0.2) is 0 Å². The summed E-state index contributed by atoms with van der Waals surface area (Å²) in [5, 5.41) is 2.55. The third kappa shape index (κ3) is 5.68. The molecule has 2 amide bonds. The number of nitrogens with zero attached hydrogens (tertiary/aromatic N) is 1. The quantitative estimate of drug-likeness (QED) is 0.653. The molecule has 1 rings (SSSR count). The second kappa shape index (κ2) is 6.94. The maximum absolute atomic E-state index is 10.3. The lowest BCUT2D eigenvalue weighted by molar-refractivity contribution is 0.0387. The van der Waals surface area contributed by atoms with Crippen LogP contribution >= 0.6 is 12.4 Å². The molecule has 0 bridgehead atoms. The van der Waals surface area contributed by atoms with Gasteiger partial charge in [-0.2, -0.15) is 0 Å². The Hall–Kier alpha value is -0.520. The van der Waals surface area contributed by atoms with Gasteiger partial charge >= 0.3 is 6.03 Å². The lowest BCUT2D eigenvalue weighted by atomic mass is 10.4. The predicted molar refractivity (Wildman–Crippen MR) is 52.1 cm³/mol. The number of ether oxygens (including phenoxy) is 1. The summed E-state index contributed by atoms with van der Waals surface area (Å²) >= 11 is 0. The van der Waals surface area contributed by atoms with E-state index in [4.69, 9.17) is 10.5 Å². The van der Waals surface area contributed by atoms with Gasteiger partial charge in [-0.1, -0.05) is 0 Å². The van der Waals surface area contributed by atoms with Crippen LogP contribution in [0.4, 0.5) is 4.79 Å². The third-order valence-electron chi connectivity index (χ3n) is 1.83. The number of hydrogen-bond donors (Lipinski definition) is 2. The molecule has 3 N–H and O–H groups in total. The first kappa shape index (κ1) is 12.5. The largest absolute Gasteiger partial charge is 0.379 e. The number of nitrogens with one attached hydrogen (secondary N) is 1. The Balaban J connectivity index is 0.00000144. The van der Waals surface area contributed by atoms with E-state index < -0.39 is 6.03 Å². The van der Waals surface area contributed by atoms with Crippen molar-refractivity contribution in [2.75, 3.05) is 39.4 Å². The molecular weight excluding hydrogens is 194 g/mol. The number of urea groups is 1. The van der Waals surface area contributed by atoms with E-state index in [1.165, 1.54) is 0 Å². The Morgan fingerprint density at radius 3 is 2.62 bits per heavy atom. The number of halogens is 1. The maximum atomic E-state index is 10.3. The zero-order chi connectivity index (χ0) is 8.81. The van der Waals surface area contributed by atoms with Crippen LogP contribution in [-0.2, 0) is 4.74 Å². The molecule has 0 aliphatic carbocycles. The summed E-state index contributed by atoms with van der Waals surface area (Å²) in [6.45, 7) is 4.94. The molecule has 0 spiro atoms. The van der Waals surface area contributed by atoms with Gasteiger partial charge in [-0.15, -0.1) is 12.4 Å². The zero-order valence-corrected chi connectivity index (χ0v) is 8.31. The maximum Gasteiger partial charge on any atom is 0.312 e. The van der Waals surface area contributed by atoms with Crippen LogP contribution in [0.25, 0.3) is 0 Å². The SMILES string of the molecule is Cl.NC(=O)NCCN1CCOCC1. The highest BCUT2D eigenvalue weighted by Gasteiger charge is 2.08. The Morgan fingerprint density at radius 1 is 1.46 bits per heavy atom. The highest BCUT2D eigenvalue weighted by Crippen LogP contribution is 1.94. The first-order valence-corrected chi connectivity index (χ1v) is 4.12. The molecule has 1 aliphatic heterocycles. The van der Waals surface area contributed by atoms with Crippen LogP contribution in [0, 0.1) is 0 Å². The molecule has 1 heterocycles. The first-order valence-electron chi connectivity index (χ1n) is 4.12. The zero-order valence-electron chi connectivity index (χ0n) is 7.49. The summed E-state index contributed by atoms with van der Waals surface area (Å²) in [6, 6.07) is -0.455. The standard InChI is InChI=1S/C7H15N3O2.ClH/c8-7(11)9-1-2-10-3-5-12-6-4-10;/h1-6H2,(H3,8,9,11);1H. The van der Waals surface area contributed by atoms with Crippen LogP contribution < -0.4 is 11.1 Å². The van der Waals surface area contributed by atoms with E-state index in [0.717, 1.165) is 32.8 Å². The molecule has 1 saturated heterocycles. The van der Waals surface area contributed by atoms with Gasteiger partial charge in [-0.05, 0) is 0 Å². The molecule has 6 heteroatoms. The molecule has 0 atom stereocenters. The Labute approximate surface area is 84.0 Å². The number of morpholine rings is 1. The summed E-state index contributed by atoms with van der Waals surface area (Å²) in [6.07, 6.45) is 0. The van der Waals surface area contributed by atoms with Crippen molar-refractivity contribution in [2.24, 2.45) is 5.73 Å². The van der Waals surface area contributed by atoms with Crippen molar-refractivity contribution in [2.45, 2.75) is 0 Å². The summed E-state index contributed by atoms with van der Waals surface area (Å²) < 4.78 is 5.17. The van der Waals surface area contributed by atoms with Crippen LogP contribution in [0.15, 0.2) is 0 Å². The van der Waals surface area contributed by atoms with E-state index in [2.05, 4.69) is 10.2 Å². The molecule has 5 nitrogen and oxygen atoms in total. The number of primary amides is 1.